The zero-order chi connectivity index (χ0) is 22.9. The molecule has 1 aliphatic carbocycles. The minimum Gasteiger partial charge on any atom is -0.444 e. The minimum atomic E-state index is -0.431. The molecule has 2 aliphatic heterocycles. The van der Waals surface area contributed by atoms with Crippen LogP contribution in [0.2, 0.25) is 0 Å². The third-order valence-corrected chi connectivity index (χ3v) is 7.23. The number of hydrogen-bond donors (Lipinski definition) is 0. The van der Waals surface area contributed by atoms with Crippen molar-refractivity contribution in [3.05, 3.63) is 29.8 Å². The van der Waals surface area contributed by atoms with Crippen molar-refractivity contribution < 1.29 is 9.53 Å². The van der Waals surface area contributed by atoms with Crippen LogP contribution in [0.15, 0.2) is 24.3 Å². The second kappa shape index (κ2) is 8.94. The predicted octanol–water partition coefficient (Wildman–Crippen LogP) is 4.40. The first kappa shape index (κ1) is 22.9. The number of ether oxygens (including phenoxy) is 1. The molecule has 32 heavy (non-hydrogen) atoms. The summed E-state index contributed by atoms with van der Waals surface area (Å²) >= 11 is 0. The van der Waals surface area contributed by atoms with E-state index in [0.29, 0.717) is 12.0 Å². The van der Waals surface area contributed by atoms with Crippen LogP contribution in [-0.2, 0) is 10.2 Å². The van der Waals surface area contributed by atoms with E-state index in [-0.39, 0.29) is 11.5 Å². The lowest BCUT2D eigenvalue weighted by atomic mass is 9.92. The monoisotopic (exact) mass is 438 g/mol. The van der Waals surface area contributed by atoms with Crippen molar-refractivity contribution in [1.82, 2.24) is 9.80 Å². The van der Waals surface area contributed by atoms with E-state index in [0.717, 1.165) is 65.0 Å². The molecule has 3 aliphatic rings. The van der Waals surface area contributed by atoms with Crippen LogP contribution in [0.4, 0.5) is 10.5 Å². The highest BCUT2D eigenvalue weighted by atomic mass is 16.6. The summed E-state index contributed by atoms with van der Waals surface area (Å²) in [7, 11) is 0. The van der Waals surface area contributed by atoms with E-state index < -0.39 is 5.60 Å². The topological polar surface area (TPSA) is 59.8 Å². The fourth-order valence-electron chi connectivity index (χ4n) is 5.07. The number of benzene rings is 1. The summed E-state index contributed by atoms with van der Waals surface area (Å²) in [6.07, 6.45) is 3.88. The standard InChI is InChI=1S/C26H38N4O2/c1-5-28(22-8-6-21(7-9-22)26(19-27)12-13-26)16-20-17-30(18-20)23-10-14-29(15-11-23)24(31)32-25(2,3)4/h6-9,20,23H,5,10-18H2,1-4H3. The Morgan fingerprint density at radius 1 is 1.19 bits per heavy atom. The third-order valence-electron chi connectivity index (χ3n) is 7.23. The Morgan fingerprint density at radius 2 is 1.81 bits per heavy atom. The molecule has 0 spiro atoms. The Labute approximate surface area is 193 Å². The molecule has 0 unspecified atom stereocenters. The van der Waals surface area contributed by atoms with Gasteiger partial charge in [0, 0.05) is 56.9 Å². The molecule has 0 bridgehead atoms. The molecule has 1 aromatic rings. The van der Waals surface area contributed by atoms with Gasteiger partial charge in [-0.25, -0.2) is 4.79 Å². The van der Waals surface area contributed by atoms with E-state index in [1.165, 1.54) is 11.3 Å². The van der Waals surface area contributed by atoms with Gasteiger partial charge in [0.15, 0.2) is 0 Å². The molecule has 6 nitrogen and oxygen atoms in total. The van der Waals surface area contributed by atoms with Gasteiger partial charge < -0.3 is 14.5 Å². The second-order valence-electron chi connectivity index (χ2n) is 10.8. The van der Waals surface area contributed by atoms with Crippen LogP contribution in [0.1, 0.15) is 58.9 Å². The Morgan fingerprint density at radius 3 is 2.31 bits per heavy atom. The quantitative estimate of drug-likeness (QED) is 0.659. The number of rotatable bonds is 6. The van der Waals surface area contributed by atoms with Crippen LogP contribution in [-0.4, -0.2) is 66.8 Å². The fourth-order valence-corrected chi connectivity index (χ4v) is 5.07. The molecular formula is C26H38N4O2. The van der Waals surface area contributed by atoms with Crippen LogP contribution >= 0.6 is 0 Å². The largest absolute Gasteiger partial charge is 0.444 e. The van der Waals surface area contributed by atoms with Crippen LogP contribution < -0.4 is 4.90 Å². The fraction of sp³-hybridized carbons (Fsp3) is 0.692. The molecule has 1 amide bonds. The highest BCUT2D eigenvalue weighted by Crippen LogP contribution is 2.47. The molecular weight excluding hydrogens is 400 g/mol. The summed E-state index contributed by atoms with van der Waals surface area (Å²) in [5, 5.41) is 9.42. The van der Waals surface area contributed by atoms with Crippen molar-refractivity contribution in [3.8, 4) is 6.07 Å². The molecule has 1 aromatic carbocycles. The second-order valence-corrected chi connectivity index (χ2v) is 10.8. The van der Waals surface area contributed by atoms with E-state index in [4.69, 9.17) is 4.74 Å². The Kier molecular flexibility index (Phi) is 6.40. The van der Waals surface area contributed by atoms with Crippen LogP contribution in [0.25, 0.3) is 0 Å². The predicted molar refractivity (Wildman–Crippen MR) is 127 cm³/mol. The Hall–Kier alpha value is -2.26. The zero-order valence-electron chi connectivity index (χ0n) is 20.1. The first-order valence-electron chi connectivity index (χ1n) is 12.2. The maximum absolute atomic E-state index is 12.3. The number of carbonyl (C=O) groups excluding carboxylic acids is 1. The van der Waals surface area contributed by atoms with Crippen molar-refractivity contribution in [3.63, 3.8) is 0 Å². The van der Waals surface area contributed by atoms with Crippen molar-refractivity contribution in [2.75, 3.05) is 44.2 Å². The molecule has 0 radical (unpaired) electrons. The molecule has 2 heterocycles. The van der Waals surface area contributed by atoms with Gasteiger partial charge in [-0.05, 0) is 71.1 Å². The smallest absolute Gasteiger partial charge is 0.410 e. The maximum Gasteiger partial charge on any atom is 0.410 e. The average molecular weight is 439 g/mol. The zero-order valence-corrected chi connectivity index (χ0v) is 20.1. The van der Waals surface area contributed by atoms with E-state index in [1.807, 2.05) is 25.7 Å². The van der Waals surface area contributed by atoms with Crippen LogP contribution in [0.3, 0.4) is 0 Å². The molecule has 0 N–H and O–H groups in total. The summed E-state index contributed by atoms with van der Waals surface area (Å²) in [6, 6.07) is 11.8. The number of likely N-dealkylation sites (tertiary alicyclic amines) is 2. The number of nitrogens with zero attached hydrogens (tertiary/aromatic N) is 4. The van der Waals surface area contributed by atoms with E-state index in [1.54, 1.807) is 0 Å². The number of hydrogen-bond acceptors (Lipinski definition) is 5. The summed E-state index contributed by atoms with van der Waals surface area (Å²) in [5.74, 6) is 0.687. The lowest BCUT2D eigenvalue weighted by Gasteiger charge is -2.48. The minimum absolute atomic E-state index is 0.176. The van der Waals surface area contributed by atoms with Crippen LogP contribution in [0, 0.1) is 17.2 Å². The molecule has 0 aromatic heterocycles. The summed E-state index contributed by atoms with van der Waals surface area (Å²) in [4.78, 5) is 19.2. The highest BCUT2D eigenvalue weighted by molar-refractivity contribution is 5.68. The summed E-state index contributed by atoms with van der Waals surface area (Å²) < 4.78 is 5.52. The normalized spacial score (nSPS) is 21.5. The average Bonchev–Trinajstić information content (AvgIpc) is 3.54. The summed E-state index contributed by atoms with van der Waals surface area (Å²) in [6.45, 7) is 13.9. The molecule has 2 saturated heterocycles. The van der Waals surface area contributed by atoms with Gasteiger partial charge in [0.1, 0.15) is 5.60 Å². The van der Waals surface area contributed by atoms with E-state index in [9.17, 15) is 10.1 Å². The molecule has 1 saturated carbocycles. The summed E-state index contributed by atoms with van der Waals surface area (Å²) in [5.41, 5.74) is 1.80. The third kappa shape index (κ3) is 5.04. The maximum atomic E-state index is 12.3. The van der Waals surface area contributed by atoms with E-state index in [2.05, 4.69) is 47.1 Å². The van der Waals surface area contributed by atoms with Crippen molar-refractivity contribution >= 4 is 11.8 Å². The number of nitriles is 1. The highest BCUT2D eigenvalue weighted by Gasteiger charge is 2.44. The molecule has 174 valence electrons. The van der Waals surface area contributed by atoms with Gasteiger partial charge in [-0.3, -0.25) is 4.90 Å². The number of piperidine rings is 1. The van der Waals surface area contributed by atoms with Crippen molar-refractivity contribution in [2.45, 2.75) is 70.4 Å². The molecule has 0 atom stereocenters. The lowest BCUT2D eigenvalue weighted by molar-refractivity contribution is -0.00145. The first-order valence-corrected chi connectivity index (χ1v) is 12.2. The van der Waals surface area contributed by atoms with E-state index >= 15 is 0 Å². The lowest BCUT2D eigenvalue weighted by Crippen LogP contribution is -2.58. The first-order chi connectivity index (χ1) is 15.2. The van der Waals surface area contributed by atoms with Gasteiger partial charge in [0.2, 0.25) is 0 Å². The van der Waals surface area contributed by atoms with Gasteiger partial charge in [-0.1, -0.05) is 12.1 Å². The van der Waals surface area contributed by atoms with Gasteiger partial charge in [-0.15, -0.1) is 0 Å². The Bertz CT molecular complexity index is 836. The van der Waals surface area contributed by atoms with Gasteiger partial charge in [-0.2, -0.15) is 5.26 Å². The molecule has 4 rings (SSSR count). The number of amides is 1. The molecule has 3 fully saturated rings. The van der Waals surface area contributed by atoms with Crippen molar-refractivity contribution in [2.24, 2.45) is 5.92 Å². The van der Waals surface area contributed by atoms with Gasteiger partial charge in [0.25, 0.3) is 0 Å². The van der Waals surface area contributed by atoms with Gasteiger partial charge >= 0.3 is 6.09 Å². The van der Waals surface area contributed by atoms with Gasteiger partial charge in [0.05, 0.1) is 11.5 Å². The number of carbonyl (C=O) groups is 1. The van der Waals surface area contributed by atoms with Crippen LogP contribution in [0.5, 0.6) is 0 Å². The van der Waals surface area contributed by atoms with Crippen molar-refractivity contribution in [1.29, 1.82) is 5.26 Å². The Balaban J connectivity index is 1.22. The number of anilines is 1. The SMILES string of the molecule is CCN(CC1CN(C2CCN(C(=O)OC(C)(C)C)CC2)C1)c1ccc(C2(C#N)CC2)cc1. The molecule has 6 heteroatoms.